The fraction of sp³-hybridized carbons (Fsp3) is 0.111. The Morgan fingerprint density at radius 1 is 1.26 bits per heavy atom. The van der Waals surface area contributed by atoms with E-state index in [0.717, 1.165) is 12.1 Å². The number of halogens is 2. The molecule has 0 radical (unpaired) electrons. The lowest BCUT2D eigenvalue weighted by Crippen LogP contribution is -2.29. The first-order valence-corrected chi connectivity index (χ1v) is 8.03. The summed E-state index contributed by atoms with van der Waals surface area (Å²) in [5.74, 6) is -2.23. The van der Waals surface area contributed by atoms with E-state index in [-0.39, 0.29) is 16.4 Å². The van der Waals surface area contributed by atoms with Crippen LogP contribution in [0.5, 0.6) is 0 Å². The van der Waals surface area contributed by atoms with Gasteiger partial charge >= 0.3 is 5.97 Å². The number of anilines is 1. The zero-order valence-electron chi connectivity index (χ0n) is 14.0. The number of carbonyl (C=O) groups excluding carboxylic acids is 2. The molecule has 0 bridgehead atoms. The Labute approximate surface area is 158 Å². The molecule has 0 heterocycles. The van der Waals surface area contributed by atoms with Gasteiger partial charge in [0.25, 0.3) is 11.6 Å². The molecular formula is C18H14ClFN2O5. The molecule has 1 N–H and O–H groups in total. The van der Waals surface area contributed by atoms with Crippen LogP contribution in [-0.2, 0) is 14.3 Å². The van der Waals surface area contributed by atoms with Gasteiger partial charge in [0.1, 0.15) is 5.82 Å². The summed E-state index contributed by atoms with van der Waals surface area (Å²) in [5, 5.41) is 13.1. The van der Waals surface area contributed by atoms with Crippen molar-refractivity contribution in [1.29, 1.82) is 0 Å². The van der Waals surface area contributed by atoms with E-state index in [9.17, 15) is 24.1 Å². The molecule has 7 nitrogen and oxygen atoms in total. The Kier molecular flexibility index (Phi) is 6.62. The Balaban J connectivity index is 1.92. The number of esters is 1. The van der Waals surface area contributed by atoms with Gasteiger partial charge in [-0.25, -0.2) is 9.18 Å². The van der Waals surface area contributed by atoms with Gasteiger partial charge in [-0.15, -0.1) is 0 Å². The van der Waals surface area contributed by atoms with E-state index in [0.29, 0.717) is 5.56 Å². The monoisotopic (exact) mass is 392 g/mol. The van der Waals surface area contributed by atoms with Crippen molar-refractivity contribution >= 4 is 40.9 Å². The first-order chi connectivity index (χ1) is 12.8. The molecule has 1 atom stereocenters. The van der Waals surface area contributed by atoms with E-state index < -0.39 is 28.7 Å². The molecule has 0 aliphatic rings. The summed E-state index contributed by atoms with van der Waals surface area (Å²) < 4.78 is 18.6. The fourth-order valence-electron chi connectivity index (χ4n) is 1.96. The summed E-state index contributed by atoms with van der Waals surface area (Å²) >= 11 is 5.63. The number of nitro groups is 1. The topological polar surface area (TPSA) is 98.5 Å². The first kappa shape index (κ1) is 20.1. The number of nitro benzene ring substituents is 1. The van der Waals surface area contributed by atoms with Crippen LogP contribution >= 0.6 is 11.6 Å². The van der Waals surface area contributed by atoms with Crippen molar-refractivity contribution in [1.82, 2.24) is 0 Å². The minimum Gasteiger partial charge on any atom is -0.449 e. The lowest BCUT2D eigenvalue weighted by Gasteiger charge is -2.13. The van der Waals surface area contributed by atoms with Crippen LogP contribution in [0.3, 0.4) is 0 Å². The second-order valence-electron chi connectivity index (χ2n) is 5.37. The van der Waals surface area contributed by atoms with Gasteiger partial charge in [-0.1, -0.05) is 11.6 Å². The maximum absolute atomic E-state index is 13.7. The molecule has 0 spiro atoms. The van der Waals surface area contributed by atoms with Crippen LogP contribution in [0.15, 0.2) is 48.5 Å². The number of rotatable bonds is 6. The number of carbonyl (C=O) groups is 2. The molecule has 9 heteroatoms. The molecule has 1 unspecified atom stereocenters. The summed E-state index contributed by atoms with van der Waals surface area (Å²) in [4.78, 5) is 33.8. The highest BCUT2D eigenvalue weighted by Gasteiger charge is 2.18. The number of hydrogen-bond donors (Lipinski definition) is 1. The van der Waals surface area contributed by atoms with Crippen LogP contribution in [0.2, 0.25) is 5.02 Å². The Morgan fingerprint density at radius 2 is 1.93 bits per heavy atom. The van der Waals surface area contributed by atoms with E-state index in [1.54, 1.807) is 0 Å². The lowest BCUT2D eigenvalue weighted by atomic mass is 10.2. The average Bonchev–Trinajstić information content (AvgIpc) is 2.62. The number of hydrogen-bond acceptors (Lipinski definition) is 5. The predicted molar refractivity (Wildman–Crippen MR) is 97.7 cm³/mol. The third-order valence-electron chi connectivity index (χ3n) is 3.37. The first-order valence-electron chi connectivity index (χ1n) is 7.65. The van der Waals surface area contributed by atoms with Gasteiger partial charge in [-0.05, 0) is 48.9 Å². The molecule has 2 aromatic carbocycles. The summed E-state index contributed by atoms with van der Waals surface area (Å²) in [7, 11) is 0. The van der Waals surface area contributed by atoms with Gasteiger partial charge in [0, 0.05) is 23.2 Å². The van der Waals surface area contributed by atoms with Crippen LogP contribution in [-0.4, -0.2) is 22.9 Å². The zero-order chi connectivity index (χ0) is 20.0. The predicted octanol–water partition coefficient (Wildman–Crippen LogP) is 3.97. The molecule has 0 saturated carbocycles. The van der Waals surface area contributed by atoms with Gasteiger partial charge in [-0.2, -0.15) is 0 Å². The number of nitrogens with one attached hydrogen (secondary N) is 1. The van der Waals surface area contributed by atoms with Crippen molar-refractivity contribution in [2.45, 2.75) is 13.0 Å². The normalized spacial score (nSPS) is 11.8. The molecule has 0 aliphatic carbocycles. The van der Waals surface area contributed by atoms with Crippen LogP contribution in [0, 0.1) is 15.9 Å². The standard InChI is InChI=1S/C18H14ClFN2O5/c1-11(18(24)21-16-8-5-13(19)10-15(16)20)27-17(23)9-4-12-2-6-14(7-3-12)22(25)26/h2-11H,1H3,(H,21,24)/b9-4+. The number of non-ortho nitro benzene ring substituents is 1. The Bertz CT molecular complexity index is 899. The van der Waals surface area contributed by atoms with Gasteiger partial charge in [0.05, 0.1) is 10.6 Å². The second kappa shape index (κ2) is 8.91. The summed E-state index contributed by atoms with van der Waals surface area (Å²) in [5.41, 5.74) is 0.376. The maximum Gasteiger partial charge on any atom is 0.331 e. The van der Waals surface area contributed by atoms with Crippen molar-refractivity contribution < 1.29 is 23.6 Å². The molecule has 0 saturated heterocycles. The molecular weight excluding hydrogens is 379 g/mol. The van der Waals surface area contributed by atoms with E-state index in [1.807, 2.05) is 0 Å². The van der Waals surface area contributed by atoms with Crippen LogP contribution in [0.4, 0.5) is 15.8 Å². The summed E-state index contributed by atoms with van der Waals surface area (Å²) in [6.45, 7) is 1.33. The van der Waals surface area contributed by atoms with E-state index >= 15 is 0 Å². The molecule has 27 heavy (non-hydrogen) atoms. The summed E-state index contributed by atoms with van der Waals surface area (Å²) in [6.07, 6.45) is 1.29. The van der Waals surface area contributed by atoms with Crippen molar-refractivity contribution in [3.63, 3.8) is 0 Å². The largest absolute Gasteiger partial charge is 0.449 e. The van der Waals surface area contributed by atoms with E-state index in [4.69, 9.17) is 16.3 Å². The van der Waals surface area contributed by atoms with Crippen LogP contribution in [0.25, 0.3) is 6.08 Å². The lowest BCUT2D eigenvalue weighted by molar-refractivity contribution is -0.384. The highest BCUT2D eigenvalue weighted by Crippen LogP contribution is 2.19. The van der Waals surface area contributed by atoms with E-state index in [1.165, 1.54) is 49.4 Å². The average molecular weight is 393 g/mol. The van der Waals surface area contributed by atoms with Crippen molar-refractivity contribution in [2.24, 2.45) is 0 Å². The Morgan fingerprint density at radius 3 is 2.52 bits per heavy atom. The van der Waals surface area contributed by atoms with Gasteiger partial charge in [0.15, 0.2) is 6.10 Å². The van der Waals surface area contributed by atoms with Crippen LogP contribution in [0.1, 0.15) is 12.5 Å². The highest BCUT2D eigenvalue weighted by molar-refractivity contribution is 6.30. The number of amides is 1. The SMILES string of the molecule is CC(OC(=O)/C=C/c1ccc([N+](=O)[O-])cc1)C(=O)Nc1ccc(Cl)cc1F. The van der Waals surface area contributed by atoms with Crippen molar-refractivity contribution in [3.05, 3.63) is 75.1 Å². The van der Waals surface area contributed by atoms with Crippen molar-refractivity contribution in [2.75, 3.05) is 5.32 Å². The number of benzene rings is 2. The third-order valence-corrected chi connectivity index (χ3v) is 3.60. The molecule has 1 amide bonds. The van der Waals surface area contributed by atoms with Gasteiger partial charge in [0.2, 0.25) is 0 Å². The molecule has 0 fully saturated rings. The Hall–Kier alpha value is -3.26. The smallest absolute Gasteiger partial charge is 0.331 e. The highest BCUT2D eigenvalue weighted by atomic mass is 35.5. The molecule has 140 valence electrons. The van der Waals surface area contributed by atoms with Crippen LogP contribution < -0.4 is 5.32 Å². The minimum atomic E-state index is -1.17. The van der Waals surface area contributed by atoms with Gasteiger partial charge < -0.3 is 10.1 Å². The fourth-order valence-corrected chi connectivity index (χ4v) is 2.12. The third kappa shape index (κ3) is 5.89. The van der Waals surface area contributed by atoms with Gasteiger partial charge in [-0.3, -0.25) is 14.9 Å². The minimum absolute atomic E-state index is 0.0746. The molecule has 0 aromatic heterocycles. The maximum atomic E-state index is 13.7. The molecule has 0 aliphatic heterocycles. The zero-order valence-corrected chi connectivity index (χ0v) is 14.8. The summed E-state index contributed by atoms with van der Waals surface area (Å²) in [6, 6.07) is 9.25. The van der Waals surface area contributed by atoms with E-state index in [2.05, 4.69) is 5.32 Å². The number of nitrogens with zero attached hydrogens (tertiary/aromatic N) is 1. The van der Waals surface area contributed by atoms with Crippen molar-refractivity contribution in [3.8, 4) is 0 Å². The number of ether oxygens (including phenoxy) is 1. The molecule has 2 rings (SSSR count). The quantitative estimate of drug-likeness (QED) is 0.347. The second-order valence-corrected chi connectivity index (χ2v) is 5.81. The molecule has 2 aromatic rings.